The Bertz CT molecular complexity index is 5070. The standard InChI is InChI=1S/C74H46N4S2/c1-73(2)58-18-10-6-14-46(58)48-26-22-43(32-60(48)73)41-24-28-63-52(30-41)54-35-56-50-16-8-12-20-69(50)79-71(56)38-66(54)77(63)65-37-62(76-5)68(34-45(65)40-75)78-64-29-25-42(44-23-27-49-47-15-7-11-19-59(47)74(3,4)61(49)33-44)31-53(64)55-36-57-51-17-9-13-21-70(51)80-72(57)39-67(55)78/h6-39H,1-4H3. The Morgan fingerprint density at radius 3 is 1.30 bits per heavy atom. The van der Waals surface area contributed by atoms with Gasteiger partial charge in [-0.05, 0) is 152 Å². The molecule has 0 atom stereocenters. The van der Waals surface area contributed by atoms with E-state index in [9.17, 15) is 5.26 Å². The van der Waals surface area contributed by atoms with Crippen LogP contribution in [-0.2, 0) is 10.8 Å². The summed E-state index contributed by atoms with van der Waals surface area (Å²) in [5.74, 6) is 0. The van der Waals surface area contributed by atoms with Crippen LogP contribution in [0.5, 0.6) is 0 Å². The molecule has 0 spiro atoms. The summed E-state index contributed by atoms with van der Waals surface area (Å²) in [5.41, 5.74) is 21.2. The second-order valence-corrected chi connectivity index (χ2v) is 25.2. The number of hydrogen-bond acceptors (Lipinski definition) is 3. The van der Waals surface area contributed by atoms with Crippen LogP contribution in [0.15, 0.2) is 206 Å². The zero-order valence-corrected chi connectivity index (χ0v) is 45.9. The van der Waals surface area contributed by atoms with Crippen LogP contribution in [0.3, 0.4) is 0 Å². The zero-order chi connectivity index (χ0) is 53.5. The van der Waals surface area contributed by atoms with Crippen LogP contribution >= 0.6 is 22.7 Å². The van der Waals surface area contributed by atoms with Gasteiger partial charge in [-0.3, -0.25) is 0 Å². The van der Waals surface area contributed by atoms with E-state index in [2.05, 4.69) is 242 Å². The van der Waals surface area contributed by atoms with Crippen molar-refractivity contribution in [2.45, 2.75) is 38.5 Å². The van der Waals surface area contributed by atoms with E-state index in [0.29, 0.717) is 22.6 Å². The Hall–Kier alpha value is -9.56. The lowest BCUT2D eigenvalue weighted by atomic mass is 9.81. The van der Waals surface area contributed by atoms with Gasteiger partial charge in [-0.1, -0.05) is 149 Å². The quantitative estimate of drug-likeness (QED) is 0.162. The van der Waals surface area contributed by atoms with Gasteiger partial charge in [0.05, 0.1) is 45.6 Å². The van der Waals surface area contributed by atoms with Gasteiger partial charge in [0.25, 0.3) is 0 Å². The molecule has 0 saturated heterocycles. The molecule has 4 heterocycles. The molecule has 0 N–H and O–H groups in total. The van der Waals surface area contributed by atoms with Crippen molar-refractivity contribution < 1.29 is 0 Å². The van der Waals surface area contributed by atoms with Crippen LogP contribution < -0.4 is 0 Å². The Labute approximate surface area is 469 Å². The summed E-state index contributed by atoms with van der Waals surface area (Å²) in [6, 6.07) is 78.3. The van der Waals surface area contributed by atoms with Gasteiger partial charge in [0.15, 0.2) is 0 Å². The maximum atomic E-state index is 11.5. The minimum Gasteiger partial charge on any atom is -0.319 e. The summed E-state index contributed by atoms with van der Waals surface area (Å²) in [5, 5.41) is 20.8. The Balaban J connectivity index is 0.880. The lowest BCUT2D eigenvalue weighted by Crippen LogP contribution is -2.14. The topological polar surface area (TPSA) is 38.0 Å². The number of hydrogen-bond donors (Lipinski definition) is 0. The number of nitrogens with zero attached hydrogens (tertiary/aromatic N) is 4. The third-order valence-corrected chi connectivity index (χ3v) is 20.4. The van der Waals surface area contributed by atoms with E-state index in [-0.39, 0.29) is 10.8 Å². The molecule has 6 heteroatoms. The molecule has 2 aliphatic rings. The van der Waals surface area contributed by atoms with Crippen molar-refractivity contribution in [2.24, 2.45) is 0 Å². The van der Waals surface area contributed by atoms with Crippen LogP contribution in [0.2, 0.25) is 0 Å². The number of aromatic nitrogens is 2. The molecule has 4 aromatic heterocycles. The molecule has 0 saturated carbocycles. The van der Waals surface area contributed by atoms with Gasteiger partial charge >= 0.3 is 0 Å². The van der Waals surface area contributed by atoms with Gasteiger partial charge in [-0.25, -0.2) is 4.85 Å². The predicted octanol–water partition coefficient (Wildman–Crippen LogP) is 21.0. The minimum atomic E-state index is -0.130. The first-order valence-electron chi connectivity index (χ1n) is 27.3. The van der Waals surface area contributed by atoms with E-state index in [1.54, 1.807) is 22.7 Å². The first kappa shape index (κ1) is 45.5. The van der Waals surface area contributed by atoms with Gasteiger partial charge in [-0.2, -0.15) is 5.26 Å². The molecule has 80 heavy (non-hydrogen) atoms. The van der Waals surface area contributed by atoms with Gasteiger partial charge in [0.2, 0.25) is 5.69 Å². The van der Waals surface area contributed by atoms with Crippen LogP contribution in [-0.4, -0.2) is 9.13 Å². The summed E-state index contributed by atoms with van der Waals surface area (Å²) >= 11 is 3.58. The Morgan fingerprint density at radius 1 is 0.375 bits per heavy atom. The SMILES string of the molecule is [C-]#[N+]c1cc(-n2c3ccc(-c4ccc5c(c4)C(C)(C)c4ccccc4-5)cc3c3cc4c(cc32)sc2ccccc24)c(C#N)cc1-n1c2ccc(-c3ccc4c(c3)C(C)(C)c3ccccc3-4)cc2c2cc3c(cc21)sc1ccccc13. The third kappa shape index (κ3) is 6.07. The van der Waals surface area contributed by atoms with E-state index >= 15 is 0 Å². The van der Waals surface area contributed by atoms with E-state index in [4.69, 9.17) is 6.57 Å². The molecular weight excluding hydrogens is 1010 g/mol. The molecule has 0 aliphatic heterocycles. The number of rotatable bonds is 4. The van der Waals surface area contributed by atoms with Crippen LogP contribution in [0, 0.1) is 17.9 Å². The van der Waals surface area contributed by atoms with Crippen molar-refractivity contribution in [3.63, 3.8) is 0 Å². The van der Waals surface area contributed by atoms with Crippen molar-refractivity contribution in [2.75, 3.05) is 0 Å². The Kier molecular flexibility index (Phi) is 9.11. The molecule has 15 aromatic rings. The molecule has 11 aromatic carbocycles. The molecule has 0 radical (unpaired) electrons. The lowest BCUT2D eigenvalue weighted by Gasteiger charge is -2.22. The average molecular weight is 1060 g/mol. The molecule has 17 rings (SSSR count). The smallest absolute Gasteiger partial charge is 0.212 e. The van der Waals surface area contributed by atoms with Crippen molar-refractivity contribution in [3.8, 4) is 62.0 Å². The number of thiophene rings is 2. The second kappa shape index (κ2) is 16.0. The van der Waals surface area contributed by atoms with E-state index in [1.807, 2.05) is 12.1 Å². The maximum Gasteiger partial charge on any atom is 0.212 e. The van der Waals surface area contributed by atoms with E-state index in [0.717, 1.165) is 54.7 Å². The van der Waals surface area contributed by atoms with Crippen molar-refractivity contribution in [1.29, 1.82) is 5.26 Å². The summed E-state index contributed by atoms with van der Waals surface area (Å²) in [4.78, 5) is 4.37. The van der Waals surface area contributed by atoms with E-state index in [1.165, 1.54) is 96.0 Å². The summed E-state index contributed by atoms with van der Waals surface area (Å²) in [7, 11) is 0. The molecule has 0 fully saturated rings. The fraction of sp³-hybridized carbons (Fsp3) is 0.0811. The van der Waals surface area contributed by atoms with Crippen LogP contribution in [0.1, 0.15) is 55.5 Å². The molecular formula is C74H46N4S2. The van der Waals surface area contributed by atoms with E-state index < -0.39 is 0 Å². The molecule has 4 nitrogen and oxygen atoms in total. The van der Waals surface area contributed by atoms with Crippen molar-refractivity contribution in [1.82, 2.24) is 9.13 Å². The van der Waals surface area contributed by atoms with Crippen molar-refractivity contribution in [3.05, 3.63) is 245 Å². The highest BCUT2D eigenvalue weighted by molar-refractivity contribution is 7.26. The largest absolute Gasteiger partial charge is 0.319 e. The first-order valence-corrected chi connectivity index (χ1v) is 28.9. The monoisotopic (exact) mass is 1050 g/mol. The summed E-state index contributed by atoms with van der Waals surface area (Å²) in [6.45, 7) is 18.3. The minimum absolute atomic E-state index is 0.129. The number of benzene rings is 11. The zero-order valence-electron chi connectivity index (χ0n) is 44.2. The van der Waals surface area contributed by atoms with Crippen molar-refractivity contribution >= 4 is 112 Å². The third-order valence-electron chi connectivity index (χ3n) is 18.2. The molecule has 374 valence electrons. The predicted molar refractivity (Wildman–Crippen MR) is 338 cm³/mol. The molecule has 0 unspecified atom stereocenters. The summed E-state index contributed by atoms with van der Waals surface area (Å²) < 4.78 is 9.31. The first-order chi connectivity index (χ1) is 39.0. The van der Waals surface area contributed by atoms with Crippen LogP contribution in [0.4, 0.5) is 5.69 Å². The van der Waals surface area contributed by atoms with Crippen LogP contribution in [0.25, 0.3) is 145 Å². The normalized spacial score (nSPS) is 13.9. The van der Waals surface area contributed by atoms with Gasteiger partial charge in [0.1, 0.15) is 6.07 Å². The number of fused-ring (bicyclic) bond motifs is 18. The highest BCUT2D eigenvalue weighted by Gasteiger charge is 2.37. The van der Waals surface area contributed by atoms with Gasteiger partial charge in [0, 0.05) is 72.7 Å². The highest BCUT2D eigenvalue weighted by atomic mass is 32.1. The lowest BCUT2D eigenvalue weighted by molar-refractivity contribution is 0.660. The molecule has 0 amide bonds. The summed E-state index contributed by atoms with van der Waals surface area (Å²) in [6.07, 6.45) is 0. The Morgan fingerprint density at radius 2 is 0.800 bits per heavy atom. The molecule has 2 aliphatic carbocycles. The van der Waals surface area contributed by atoms with Gasteiger partial charge < -0.3 is 9.13 Å². The fourth-order valence-electron chi connectivity index (χ4n) is 14.2. The number of nitriles is 1. The second-order valence-electron chi connectivity index (χ2n) is 23.0. The van der Waals surface area contributed by atoms with Gasteiger partial charge in [-0.15, -0.1) is 22.7 Å². The fourth-order valence-corrected chi connectivity index (χ4v) is 16.5. The maximum absolute atomic E-state index is 11.5. The molecule has 0 bridgehead atoms. The average Bonchev–Trinajstić information content (AvgIpc) is 4.45. The highest BCUT2D eigenvalue weighted by Crippen LogP contribution is 2.53.